The number of benzene rings is 2. The fourth-order valence-corrected chi connectivity index (χ4v) is 5.72. The highest BCUT2D eigenvalue weighted by Crippen LogP contribution is 2.24. The minimum atomic E-state index is -3.75. The van der Waals surface area contributed by atoms with Crippen LogP contribution in [0.15, 0.2) is 48.5 Å². The summed E-state index contributed by atoms with van der Waals surface area (Å²) in [6, 6.07) is 13.4. The quantitative estimate of drug-likeness (QED) is 0.389. The molecule has 3 rings (SSSR count). The predicted octanol–water partition coefficient (Wildman–Crippen LogP) is 4.58. The van der Waals surface area contributed by atoms with Gasteiger partial charge in [0, 0.05) is 21.2 Å². The molecule has 1 unspecified atom stereocenters. The van der Waals surface area contributed by atoms with Crippen molar-refractivity contribution in [3.05, 3.63) is 62.7 Å². The van der Waals surface area contributed by atoms with E-state index in [1.807, 2.05) is 13.0 Å². The molecule has 1 saturated carbocycles. The van der Waals surface area contributed by atoms with Crippen LogP contribution in [0.4, 0.5) is 5.69 Å². The Morgan fingerprint density at radius 2 is 1.74 bits per heavy atom. The Balaban J connectivity index is 1.92. The van der Waals surface area contributed by atoms with E-state index in [1.54, 1.807) is 42.5 Å². The maximum Gasteiger partial charge on any atom is 0.244 e. The standard InChI is InChI=1S/C25H31ClIN3O4S/c1-3-23(25(32)28-20-9-5-6-10-20)29(16-18-8-4-7-11-22(18)26)24(31)17-30(35(2,33)34)21-14-12-19(27)13-15-21/h4,7-8,11-15,20,23H,3,5-6,9-10,16-17H2,1-2H3,(H,28,32). The van der Waals surface area contributed by atoms with Crippen LogP contribution in [-0.2, 0) is 26.2 Å². The lowest BCUT2D eigenvalue weighted by atomic mass is 10.1. The van der Waals surface area contributed by atoms with Gasteiger partial charge in [-0.15, -0.1) is 0 Å². The van der Waals surface area contributed by atoms with Gasteiger partial charge in [-0.2, -0.15) is 0 Å². The number of rotatable bonds is 10. The Morgan fingerprint density at radius 1 is 1.11 bits per heavy atom. The third-order valence-corrected chi connectivity index (χ3v) is 8.41. The van der Waals surface area contributed by atoms with E-state index < -0.39 is 28.5 Å². The summed E-state index contributed by atoms with van der Waals surface area (Å²) in [4.78, 5) is 28.4. The van der Waals surface area contributed by atoms with Crippen molar-refractivity contribution in [3.63, 3.8) is 0 Å². The zero-order chi connectivity index (χ0) is 25.6. The largest absolute Gasteiger partial charge is 0.352 e. The Hall–Kier alpha value is -1.85. The molecule has 2 aromatic rings. The van der Waals surface area contributed by atoms with E-state index in [1.165, 1.54) is 4.90 Å². The molecule has 1 fully saturated rings. The summed E-state index contributed by atoms with van der Waals surface area (Å²) in [6.07, 6.45) is 5.45. The summed E-state index contributed by atoms with van der Waals surface area (Å²) < 4.78 is 27.3. The van der Waals surface area contributed by atoms with E-state index in [2.05, 4.69) is 27.9 Å². The number of nitrogens with zero attached hydrogens (tertiary/aromatic N) is 2. The molecule has 2 aromatic carbocycles. The van der Waals surface area contributed by atoms with E-state index >= 15 is 0 Å². The monoisotopic (exact) mass is 631 g/mol. The summed E-state index contributed by atoms with van der Waals surface area (Å²) in [5, 5.41) is 3.57. The third-order valence-electron chi connectivity index (χ3n) is 6.18. The number of nitrogens with one attached hydrogen (secondary N) is 1. The summed E-state index contributed by atoms with van der Waals surface area (Å²) in [5.41, 5.74) is 1.08. The van der Waals surface area contributed by atoms with Crippen LogP contribution < -0.4 is 9.62 Å². The number of sulfonamides is 1. The molecule has 1 aliphatic rings. The third kappa shape index (κ3) is 7.57. The van der Waals surface area contributed by atoms with Crippen LogP contribution >= 0.6 is 34.2 Å². The Labute approximate surface area is 226 Å². The number of carbonyl (C=O) groups excluding carboxylic acids is 2. The second-order valence-electron chi connectivity index (χ2n) is 8.77. The Kier molecular flexibility index (Phi) is 9.83. The molecular weight excluding hydrogens is 601 g/mol. The van der Waals surface area contributed by atoms with E-state index in [0.29, 0.717) is 22.7 Å². The van der Waals surface area contributed by atoms with Crippen LogP contribution in [0.5, 0.6) is 0 Å². The minimum Gasteiger partial charge on any atom is -0.352 e. The molecule has 0 radical (unpaired) electrons. The first-order chi connectivity index (χ1) is 16.6. The number of carbonyl (C=O) groups is 2. The highest BCUT2D eigenvalue weighted by Gasteiger charge is 2.33. The molecule has 35 heavy (non-hydrogen) atoms. The van der Waals surface area contributed by atoms with Crippen molar-refractivity contribution in [3.8, 4) is 0 Å². The minimum absolute atomic E-state index is 0.0966. The molecule has 1 atom stereocenters. The second-order valence-corrected chi connectivity index (χ2v) is 12.3. The number of amides is 2. The van der Waals surface area contributed by atoms with Crippen molar-refractivity contribution in [2.75, 3.05) is 17.1 Å². The molecule has 2 amide bonds. The molecule has 0 heterocycles. The zero-order valence-corrected chi connectivity index (χ0v) is 23.6. The number of halogens is 2. The summed E-state index contributed by atoms with van der Waals surface area (Å²) in [5.74, 6) is -0.692. The molecule has 10 heteroatoms. The normalized spacial score (nSPS) is 15.0. The van der Waals surface area contributed by atoms with Crippen molar-refractivity contribution >= 4 is 61.7 Å². The average Bonchev–Trinajstić information content (AvgIpc) is 3.31. The van der Waals surface area contributed by atoms with E-state index in [4.69, 9.17) is 11.6 Å². The van der Waals surface area contributed by atoms with Crippen molar-refractivity contribution in [2.24, 2.45) is 0 Å². The number of hydrogen-bond donors (Lipinski definition) is 1. The maximum absolute atomic E-state index is 13.7. The van der Waals surface area contributed by atoms with Crippen molar-refractivity contribution in [1.82, 2.24) is 10.2 Å². The van der Waals surface area contributed by atoms with Gasteiger partial charge < -0.3 is 10.2 Å². The van der Waals surface area contributed by atoms with E-state index in [-0.39, 0.29) is 18.5 Å². The molecule has 7 nitrogen and oxygen atoms in total. The fraction of sp³-hybridized carbons (Fsp3) is 0.440. The van der Waals surface area contributed by atoms with E-state index in [0.717, 1.165) is 39.8 Å². The van der Waals surface area contributed by atoms with Gasteiger partial charge in [0.2, 0.25) is 21.8 Å². The van der Waals surface area contributed by atoms with Gasteiger partial charge in [0.05, 0.1) is 11.9 Å². The fourth-order valence-electron chi connectivity index (χ4n) is 4.32. The molecule has 0 aliphatic heterocycles. The highest BCUT2D eigenvalue weighted by molar-refractivity contribution is 14.1. The van der Waals surface area contributed by atoms with Gasteiger partial charge in [-0.05, 0) is 77.7 Å². The predicted molar refractivity (Wildman–Crippen MR) is 148 cm³/mol. The summed E-state index contributed by atoms with van der Waals surface area (Å²) in [6.45, 7) is 1.52. The molecular formula is C25H31ClIN3O4S. The van der Waals surface area contributed by atoms with Gasteiger partial charge in [-0.1, -0.05) is 49.6 Å². The first kappa shape index (κ1) is 27.7. The van der Waals surface area contributed by atoms with Crippen LogP contribution in [-0.4, -0.2) is 50.0 Å². The topological polar surface area (TPSA) is 86.8 Å². The lowest BCUT2D eigenvalue weighted by molar-refractivity contribution is -0.140. The van der Waals surface area contributed by atoms with Crippen LogP contribution in [0.3, 0.4) is 0 Å². The maximum atomic E-state index is 13.7. The zero-order valence-electron chi connectivity index (χ0n) is 19.9. The summed E-state index contributed by atoms with van der Waals surface area (Å²) >= 11 is 8.51. The highest BCUT2D eigenvalue weighted by atomic mass is 127. The van der Waals surface area contributed by atoms with Gasteiger partial charge in [0.15, 0.2) is 0 Å². The number of anilines is 1. The van der Waals surface area contributed by atoms with Gasteiger partial charge in [-0.25, -0.2) is 8.42 Å². The van der Waals surface area contributed by atoms with Gasteiger partial charge in [-0.3, -0.25) is 13.9 Å². The molecule has 0 spiro atoms. The average molecular weight is 632 g/mol. The molecule has 0 bridgehead atoms. The van der Waals surface area contributed by atoms with Crippen LogP contribution in [0, 0.1) is 3.57 Å². The lowest BCUT2D eigenvalue weighted by Gasteiger charge is -2.33. The molecule has 0 aromatic heterocycles. The first-order valence-corrected chi connectivity index (χ1v) is 15.0. The Bertz CT molecular complexity index is 1140. The van der Waals surface area contributed by atoms with Crippen LogP contribution in [0.25, 0.3) is 0 Å². The molecule has 0 saturated heterocycles. The van der Waals surface area contributed by atoms with Crippen molar-refractivity contribution in [1.29, 1.82) is 0 Å². The summed E-state index contributed by atoms with van der Waals surface area (Å²) in [7, 11) is -3.75. The second kappa shape index (κ2) is 12.4. The van der Waals surface area contributed by atoms with Crippen LogP contribution in [0.1, 0.15) is 44.6 Å². The lowest BCUT2D eigenvalue weighted by Crippen LogP contribution is -2.53. The smallest absolute Gasteiger partial charge is 0.244 e. The van der Waals surface area contributed by atoms with Crippen molar-refractivity contribution in [2.45, 2.75) is 57.7 Å². The van der Waals surface area contributed by atoms with Gasteiger partial charge in [0.25, 0.3) is 0 Å². The first-order valence-electron chi connectivity index (χ1n) is 11.7. The van der Waals surface area contributed by atoms with E-state index in [9.17, 15) is 18.0 Å². The van der Waals surface area contributed by atoms with Crippen LogP contribution in [0.2, 0.25) is 5.02 Å². The van der Waals surface area contributed by atoms with Crippen molar-refractivity contribution < 1.29 is 18.0 Å². The SMILES string of the molecule is CCC(C(=O)NC1CCCC1)N(Cc1ccccc1Cl)C(=O)CN(c1ccc(I)cc1)S(C)(=O)=O. The van der Waals surface area contributed by atoms with Gasteiger partial charge >= 0.3 is 0 Å². The number of hydrogen-bond acceptors (Lipinski definition) is 4. The Morgan fingerprint density at radius 3 is 2.31 bits per heavy atom. The van der Waals surface area contributed by atoms with Gasteiger partial charge in [0.1, 0.15) is 12.6 Å². The molecule has 1 N–H and O–H groups in total. The molecule has 1 aliphatic carbocycles. The molecule has 190 valence electrons.